The van der Waals surface area contributed by atoms with E-state index in [1.54, 1.807) is 0 Å². The molecule has 2 amide bonds. The Morgan fingerprint density at radius 3 is 2.67 bits per heavy atom. The third-order valence-electron chi connectivity index (χ3n) is 3.01. The van der Waals surface area contributed by atoms with Crippen LogP contribution in [0.1, 0.15) is 27.2 Å². The number of nitrogens with zero attached hydrogens (tertiary/aromatic N) is 2. The van der Waals surface area contributed by atoms with E-state index in [4.69, 9.17) is 0 Å². The maximum Gasteiger partial charge on any atom is 0.320 e. The molecule has 1 rings (SSSR count). The first-order valence-corrected chi connectivity index (χ1v) is 5.96. The molecule has 4 heteroatoms. The summed E-state index contributed by atoms with van der Waals surface area (Å²) in [7, 11) is 0. The van der Waals surface area contributed by atoms with Crippen molar-refractivity contribution in [1.82, 2.24) is 15.1 Å². The van der Waals surface area contributed by atoms with Crippen molar-refractivity contribution in [3.8, 4) is 0 Å². The predicted molar refractivity (Wildman–Crippen MR) is 62.0 cm³/mol. The van der Waals surface area contributed by atoms with Crippen LogP contribution in [-0.4, -0.2) is 54.6 Å². The zero-order valence-electron chi connectivity index (χ0n) is 10.1. The van der Waals surface area contributed by atoms with Crippen LogP contribution in [0.5, 0.6) is 0 Å². The Kier molecular flexibility index (Phi) is 4.88. The molecule has 4 nitrogen and oxygen atoms in total. The first-order valence-electron chi connectivity index (χ1n) is 5.96. The average Bonchev–Trinajstić information content (AvgIpc) is 2.44. The van der Waals surface area contributed by atoms with Gasteiger partial charge in [0.25, 0.3) is 0 Å². The lowest BCUT2D eigenvalue weighted by molar-refractivity contribution is 0.160. The van der Waals surface area contributed by atoms with Gasteiger partial charge in [0.05, 0.1) is 0 Å². The highest BCUT2D eigenvalue weighted by Gasteiger charge is 2.20. The zero-order chi connectivity index (χ0) is 11.3. The van der Waals surface area contributed by atoms with Crippen LogP contribution in [0.3, 0.4) is 0 Å². The number of rotatable bonds is 2. The highest BCUT2D eigenvalue weighted by Crippen LogP contribution is 2.05. The number of carbonyl (C=O) groups is 1. The van der Waals surface area contributed by atoms with Gasteiger partial charge in [-0.3, -0.25) is 0 Å². The van der Waals surface area contributed by atoms with Gasteiger partial charge in [0, 0.05) is 38.8 Å². The first-order chi connectivity index (χ1) is 7.19. The lowest BCUT2D eigenvalue weighted by Crippen LogP contribution is -2.44. The molecular formula is C11H23N3O. The lowest BCUT2D eigenvalue weighted by atomic mass is 10.2. The number of hydrogen-bond acceptors (Lipinski definition) is 2. The van der Waals surface area contributed by atoms with Gasteiger partial charge >= 0.3 is 6.03 Å². The quantitative estimate of drug-likeness (QED) is 0.746. The number of carbonyl (C=O) groups excluding carboxylic acids is 1. The molecule has 0 aliphatic carbocycles. The van der Waals surface area contributed by atoms with Gasteiger partial charge in [-0.1, -0.05) is 0 Å². The Morgan fingerprint density at radius 1 is 1.40 bits per heavy atom. The summed E-state index contributed by atoms with van der Waals surface area (Å²) < 4.78 is 0. The molecule has 1 heterocycles. The van der Waals surface area contributed by atoms with Gasteiger partial charge in [-0.05, 0) is 27.2 Å². The standard InChI is InChI=1S/C11H23N3O/c1-4-13(5-2)11(15)14-8-6-10(3)12-7-9-14/h10,12H,4-9H2,1-3H3. The van der Waals surface area contributed by atoms with Crippen molar-refractivity contribution in [2.45, 2.75) is 33.2 Å². The smallest absolute Gasteiger partial charge is 0.320 e. The van der Waals surface area contributed by atoms with Crippen LogP contribution in [0.2, 0.25) is 0 Å². The van der Waals surface area contributed by atoms with Gasteiger partial charge in [0.2, 0.25) is 0 Å². The minimum atomic E-state index is 0.191. The van der Waals surface area contributed by atoms with Crippen LogP contribution >= 0.6 is 0 Å². The van der Waals surface area contributed by atoms with Crippen LogP contribution in [0.15, 0.2) is 0 Å². The van der Waals surface area contributed by atoms with E-state index in [1.807, 2.05) is 23.6 Å². The molecule has 15 heavy (non-hydrogen) atoms. The number of amides is 2. The molecule has 1 aliphatic heterocycles. The Balaban J connectivity index is 2.51. The fraction of sp³-hybridized carbons (Fsp3) is 0.909. The molecule has 0 radical (unpaired) electrons. The van der Waals surface area contributed by atoms with E-state index in [9.17, 15) is 4.79 Å². The van der Waals surface area contributed by atoms with Crippen molar-refractivity contribution in [3.05, 3.63) is 0 Å². The summed E-state index contributed by atoms with van der Waals surface area (Å²) in [4.78, 5) is 15.9. The molecule has 1 saturated heterocycles. The van der Waals surface area contributed by atoms with Gasteiger partial charge < -0.3 is 15.1 Å². The second-order valence-electron chi connectivity index (χ2n) is 4.09. The molecule has 0 aromatic rings. The molecular weight excluding hydrogens is 190 g/mol. The summed E-state index contributed by atoms with van der Waals surface area (Å²) in [5.41, 5.74) is 0. The van der Waals surface area contributed by atoms with Gasteiger partial charge in [0.15, 0.2) is 0 Å². The van der Waals surface area contributed by atoms with Crippen LogP contribution in [0.4, 0.5) is 4.79 Å². The summed E-state index contributed by atoms with van der Waals surface area (Å²) in [5, 5.41) is 3.39. The molecule has 1 atom stereocenters. The normalized spacial score (nSPS) is 22.3. The molecule has 1 aliphatic rings. The summed E-state index contributed by atoms with van der Waals surface area (Å²) in [6.45, 7) is 10.5. The monoisotopic (exact) mass is 213 g/mol. The van der Waals surface area contributed by atoms with E-state index in [-0.39, 0.29) is 6.03 Å². The summed E-state index contributed by atoms with van der Waals surface area (Å²) in [6, 6.07) is 0.718. The molecule has 1 N–H and O–H groups in total. The SMILES string of the molecule is CCN(CC)C(=O)N1CCNC(C)CC1. The fourth-order valence-corrected chi connectivity index (χ4v) is 1.89. The number of hydrogen-bond donors (Lipinski definition) is 1. The van der Waals surface area contributed by atoms with Gasteiger partial charge in [0.1, 0.15) is 0 Å². The topological polar surface area (TPSA) is 35.6 Å². The van der Waals surface area contributed by atoms with Crippen molar-refractivity contribution in [3.63, 3.8) is 0 Å². The summed E-state index contributed by atoms with van der Waals surface area (Å²) in [5.74, 6) is 0. The zero-order valence-corrected chi connectivity index (χ0v) is 10.1. The van der Waals surface area contributed by atoms with Gasteiger partial charge in [-0.15, -0.1) is 0 Å². The molecule has 0 aromatic carbocycles. The molecule has 88 valence electrons. The Morgan fingerprint density at radius 2 is 2.07 bits per heavy atom. The minimum absolute atomic E-state index is 0.191. The fourth-order valence-electron chi connectivity index (χ4n) is 1.89. The predicted octanol–water partition coefficient (Wildman–Crippen LogP) is 1.13. The maximum absolute atomic E-state index is 12.0. The highest BCUT2D eigenvalue weighted by molar-refractivity contribution is 5.74. The molecule has 0 aromatic heterocycles. The Labute approximate surface area is 92.6 Å². The van der Waals surface area contributed by atoms with E-state index in [2.05, 4.69) is 12.2 Å². The molecule has 0 spiro atoms. The van der Waals surface area contributed by atoms with Gasteiger partial charge in [-0.2, -0.15) is 0 Å². The van der Waals surface area contributed by atoms with Crippen molar-refractivity contribution >= 4 is 6.03 Å². The first kappa shape index (κ1) is 12.3. The molecule has 1 fully saturated rings. The Bertz CT molecular complexity index is 204. The number of nitrogens with one attached hydrogen (secondary N) is 1. The third-order valence-corrected chi connectivity index (χ3v) is 3.01. The van der Waals surface area contributed by atoms with E-state index < -0.39 is 0 Å². The average molecular weight is 213 g/mol. The van der Waals surface area contributed by atoms with E-state index >= 15 is 0 Å². The van der Waals surface area contributed by atoms with Crippen LogP contribution in [-0.2, 0) is 0 Å². The second-order valence-corrected chi connectivity index (χ2v) is 4.09. The molecule has 0 saturated carbocycles. The largest absolute Gasteiger partial charge is 0.325 e. The van der Waals surface area contributed by atoms with Crippen molar-refractivity contribution < 1.29 is 4.79 Å². The van der Waals surface area contributed by atoms with Crippen molar-refractivity contribution in [2.75, 3.05) is 32.7 Å². The van der Waals surface area contributed by atoms with Crippen LogP contribution in [0, 0.1) is 0 Å². The maximum atomic E-state index is 12.0. The lowest BCUT2D eigenvalue weighted by Gasteiger charge is -2.28. The Hall–Kier alpha value is -0.770. The van der Waals surface area contributed by atoms with E-state index in [0.29, 0.717) is 6.04 Å². The number of urea groups is 1. The van der Waals surface area contributed by atoms with Crippen LogP contribution < -0.4 is 5.32 Å². The molecule has 0 bridgehead atoms. The third kappa shape index (κ3) is 3.38. The van der Waals surface area contributed by atoms with Crippen molar-refractivity contribution in [1.29, 1.82) is 0 Å². The minimum Gasteiger partial charge on any atom is -0.325 e. The van der Waals surface area contributed by atoms with Crippen LogP contribution in [0.25, 0.3) is 0 Å². The summed E-state index contributed by atoms with van der Waals surface area (Å²) in [6.07, 6.45) is 1.05. The van der Waals surface area contributed by atoms with Crippen molar-refractivity contribution in [2.24, 2.45) is 0 Å². The van der Waals surface area contributed by atoms with E-state index in [1.165, 1.54) is 0 Å². The van der Waals surface area contributed by atoms with E-state index in [0.717, 1.165) is 39.1 Å². The van der Waals surface area contributed by atoms with Gasteiger partial charge in [-0.25, -0.2) is 4.79 Å². The summed E-state index contributed by atoms with van der Waals surface area (Å²) >= 11 is 0. The second kappa shape index (κ2) is 5.95. The molecule has 1 unspecified atom stereocenters. The highest BCUT2D eigenvalue weighted by atomic mass is 16.2.